The average Bonchev–Trinajstić information content (AvgIpc) is 3.10. The molecular formula is C21H20FNO4. The van der Waals surface area contributed by atoms with Crippen molar-refractivity contribution < 1.29 is 23.1 Å². The molecule has 0 radical (unpaired) electrons. The number of furan rings is 1. The highest BCUT2D eigenvalue weighted by Gasteiger charge is 2.15. The molecule has 0 aliphatic rings. The number of carbonyl (C=O) groups is 2. The molecule has 140 valence electrons. The standard InChI is InChI=1S/C21H20FNO4/c1-14(19-12-16-4-2-3-5-18(16)27-19)23-20(24)13-26-21(25)11-8-15-6-9-17(22)10-7-15/h2-7,9-10,12,14H,8,11,13H2,1H3,(H,23,24)/t14-/m1/s1. The average molecular weight is 369 g/mol. The van der Waals surface area contributed by atoms with Gasteiger partial charge >= 0.3 is 5.97 Å². The van der Waals surface area contributed by atoms with Crippen LogP contribution < -0.4 is 5.32 Å². The Balaban J connectivity index is 1.43. The van der Waals surface area contributed by atoms with E-state index < -0.39 is 11.9 Å². The van der Waals surface area contributed by atoms with Crippen molar-refractivity contribution in [3.05, 3.63) is 71.7 Å². The van der Waals surface area contributed by atoms with Crippen molar-refractivity contribution in [1.82, 2.24) is 5.32 Å². The van der Waals surface area contributed by atoms with Crippen LogP contribution in [0.2, 0.25) is 0 Å². The Morgan fingerprint density at radius 2 is 1.89 bits per heavy atom. The fourth-order valence-electron chi connectivity index (χ4n) is 2.69. The number of fused-ring (bicyclic) bond motifs is 1. The van der Waals surface area contributed by atoms with E-state index in [-0.39, 0.29) is 24.9 Å². The Kier molecular flexibility index (Phi) is 5.86. The summed E-state index contributed by atoms with van der Waals surface area (Å²) in [4.78, 5) is 23.8. The molecule has 0 saturated carbocycles. The van der Waals surface area contributed by atoms with Crippen LogP contribution in [0.5, 0.6) is 0 Å². The van der Waals surface area contributed by atoms with Crippen LogP contribution in [0.25, 0.3) is 11.0 Å². The second-order valence-electron chi connectivity index (χ2n) is 6.26. The minimum atomic E-state index is -0.481. The normalized spacial score (nSPS) is 11.9. The maximum absolute atomic E-state index is 12.8. The number of hydrogen-bond acceptors (Lipinski definition) is 4. The zero-order valence-electron chi connectivity index (χ0n) is 14.9. The van der Waals surface area contributed by atoms with E-state index in [1.807, 2.05) is 30.3 Å². The summed E-state index contributed by atoms with van der Waals surface area (Å²) in [5.74, 6) is -0.576. The number of para-hydroxylation sites is 1. The van der Waals surface area contributed by atoms with Crippen LogP contribution in [-0.2, 0) is 20.7 Å². The summed E-state index contributed by atoms with van der Waals surface area (Å²) < 4.78 is 23.5. The van der Waals surface area contributed by atoms with Crippen LogP contribution in [0, 0.1) is 5.82 Å². The maximum Gasteiger partial charge on any atom is 0.306 e. The van der Waals surface area contributed by atoms with Gasteiger partial charge in [0.1, 0.15) is 17.2 Å². The van der Waals surface area contributed by atoms with E-state index in [2.05, 4.69) is 5.32 Å². The molecule has 0 aliphatic carbocycles. The molecule has 1 N–H and O–H groups in total. The lowest BCUT2D eigenvalue weighted by Crippen LogP contribution is -2.31. The first-order chi connectivity index (χ1) is 13.0. The largest absolute Gasteiger partial charge is 0.459 e. The molecule has 0 fully saturated rings. The first-order valence-corrected chi connectivity index (χ1v) is 8.69. The molecule has 0 saturated heterocycles. The Labute approximate surface area is 156 Å². The first-order valence-electron chi connectivity index (χ1n) is 8.69. The third-order valence-corrected chi connectivity index (χ3v) is 4.14. The number of carbonyl (C=O) groups excluding carboxylic acids is 2. The van der Waals surface area contributed by atoms with Gasteiger partial charge in [0, 0.05) is 11.8 Å². The number of rotatable bonds is 7. The fraction of sp³-hybridized carbons (Fsp3) is 0.238. The molecule has 1 aromatic heterocycles. The number of esters is 1. The highest BCUT2D eigenvalue weighted by atomic mass is 19.1. The van der Waals surface area contributed by atoms with Crippen LogP contribution >= 0.6 is 0 Å². The van der Waals surface area contributed by atoms with Gasteiger partial charge in [-0.1, -0.05) is 30.3 Å². The van der Waals surface area contributed by atoms with E-state index in [0.717, 1.165) is 16.5 Å². The van der Waals surface area contributed by atoms with Crippen LogP contribution in [0.15, 0.2) is 59.0 Å². The van der Waals surface area contributed by atoms with Crippen LogP contribution in [0.4, 0.5) is 4.39 Å². The molecule has 0 aliphatic heterocycles. The summed E-state index contributed by atoms with van der Waals surface area (Å²) in [6.45, 7) is 1.44. The number of ether oxygens (including phenoxy) is 1. The minimum Gasteiger partial charge on any atom is -0.459 e. The van der Waals surface area contributed by atoms with Gasteiger partial charge in [-0.2, -0.15) is 0 Å². The van der Waals surface area contributed by atoms with Gasteiger partial charge in [0.15, 0.2) is 6.61 Å². The van der Waals surface area contributed by atoms with Gasteiger partial charge in [-0.05, 0) is 43.2 Å². The van der Waals surface area contributed by atoms with Crippen molar-refractivity contribution in [2.75, 3.05) is 6.61 Å². The number of halogens is 1. The quantitative estimate of drug-likeness (QED) is 0.641. The van der Waals surface area contributed by atoms with E-state index in [1.54, 1.807) is 19.1 Å². The molecule has 2 aromatic carbocycles. The van der Waals surface area contributed by atoms with Gasteiger partial charge in [-0.3, -0.25) is 9.59 Å². The monoisotopic (exact) mass is 369 g/mol. The van der Waals surface area contributed by atoms with E-state index in [4.69, 9.17) is 9.15 Å². The molecule has 0 bridgehead atoms. The lowest BCUT2D eigenvalue weighted by Gasteiger charge is -2.11. The zero-order valence-corrected chi connectivity index (χ0v) is 14.9. The van der Waals surface area contributed by atoms with E-state index in [1.165, 1.54) is 12.1 Å². The Morgan fingerprint density at radius 1 is 1.15 bits per heavy atom. The number of aryl methyl sites for hydroxylation is 1. The summed E-state index contributed by atoms with van der Waals surface area (Å²) in [7, 11) is 0. The fourth-order valence-corrected chi connectivity index (χ4v) is 2.69. The highest BCUT2D eigenvalue weighted by Crippen LogP contribution is 2.23. The lowest BCUT2D eigenvalue weighted by atomic mass is 10.1. The molecule has 0 spiro atoms. The van der Waals surface area contributed by atoms with Crippen molar-refractivity contribution in [3.63, 3.8) is 0 Å². The molecule has 1 amide bonds. The van der Waals surface area contributed by atoms with E-state index in [9.17, 15) is 14.0 Å². The molecule has 3 rings (SSSR count). The summed E-state index contributed by atoms with van der Waals surface area (Å²) in [6, 6.07) is 15.0. The van der Waals surface area contributed by atoms with Crippen molar-refractivity contribution >= 4 is 22.8 Å². The van der Waals surface area contributed by atoms with Crippen LogP contribution in [0.1, 0.15) is 30.7 Å². The van der Waals surface area contributed by atoms with Crippen LogP contribution in [-0.4, -0.2) is 18.5 Å². The predicted molar refractivity (Wildman–Crippen MR) is 98.5 cm³/mol. The smallest absolute Gasteiger partial charge is 0.306 e. The van der Waals surface area contributed by atoms with Gasteiger partial charge in [-0.15, -0.1) is 0 Å². The molecule has 6 heteroatoms. The number of hydrogen-bond donors (Lipinski definition) is 1. The topological polar surface area (TPSA) is 68.5 Å². The molecule has 1 atom stereocenters. The Bertz CT molecular complexity index is 900. The second kappa shape index (κ2) is 8.49. The van der Waals surface area contributed by atoms with Crippen molar-refractivity contribution in [2.45, 2.75) is 25.8 Å². The van der Waals surface area contributed by atoms with Crippen molar-refractivity contribution in [2.24, 2.45) is 0 Å². The zero-order chi connectivity index (χ0) is 19.2. The molecule has 5 nitrogen and oxygen atoms in total. The molecule has 3 aromatic rings. The van der Waals surface area contributed by atoms with Gasteiger partial charge in [0.05, 0.1) is 6.04 Å². The van der Waals surface area contributed by atoms with E-state index in [0.29, 0.717) is 12.2 Å². The number of amides is 1. The first kappa shape index (κ1) is 18.6. The minimum absolute atomic E-state index is 0.123. The molecule has 0 unspecified atom stereocenters. The highest BCUT2D eigenvalue weighted by molar-refractivity contribution is 5.81. The molecular weight excluding hydrogens is 349 g/mol. The van der Waals surface area contributed by atoms with Crippen molar-refractivity contribution in [3.8, 4) is 0 Å². The lowest BCUT2D eigenvalue weighted by molar-refractivity contribution is -0.148. The SMILES string of the molecule is C[C@@H](NC(=O)COC(=O)CCc1ccc(F)cc1)c1cc2ccccc2o1. The van der Waals surface area contributed by atoms with Gasteiger partial charge < -0.3 is 14.5 Å². The number of benzene rings is 2. The molecule has 27 heavy (non-hydrogen) atoms. The van der Waals surface area contributed by atoms with Gasteiger partial charge in [-0.25, -0.2) is 4.39 Å². The van der Waals surface area contributed by atoms with Crippen molar-refractivity contribution in [1.29, 1.82) is 0 Å². The van der Waals surface area contributed by atoms with E-state index >= 15 is 0 Å². The Morgan fingerprint density at radius 3 is 2.63 bits per heavy atom. The summed E-state index contributed by atoms with van der Waals surface area (Å²) in [6.07, 6.45) is 0.550. The van der Waals surface area contributed by atoms with Crippen LogP contribution in [0.3, 0.4) is 0 Å². The summed E-state index contributed by atoms with van der Waals surface area (Å²) in [5, 5.41) is 3.70. The Hall–Kier alpha value is -3.15. The third-order valence-electron chi connectivity index (χ3n) is 4.14. The predicted octanol–water partition coefficient (Wildman–Crippen LogP) is 3.93. The number of nitrogens with one attached hydrogen (secondary N) is 1. The van der Waals surface area contributed by atoms with Gasteiger partial charge in [0.2, 0.25) is 0 Å². The van der Waals surface area contributed by atoms with Gasteiger partial charge in [0.25, 0.3) is 5.91 Å². The summed E-state index contributed by atoms with van der Waals surface area (Å²) in [5.41, 5.74) is 1.58. The third kappa shape index (κ3) is 5.17. The summed E-state index contributed by atoms with van der Waals surface area (Å²) >= 11 is 0. The molecule has 1 heterocycles. The second-order valence-corrected chi connectivity index (χ2v) is 6.26. The maximum atomic E-state index is 12.8.